The third-order valence-electron chi connectivity index (χ3n) is 3.71. The van der Waals surface area contributed by atoms with Gasteiger partial charge in [-0.15, -0.1) is 0 Å². The van der Waals surface area contributed by atoms with Crippen molar-refractivity contribution < 1.29 is 14.7 Å². The van der Waals surface area contributed by atoms with Crippen LogP contribution in [0.4, 0.5) is 16.2 Å². The number of carboxylic acid groups (broad SMARTS) is 1. The van der Waals surface area contributed by atoms with E-state index in [1.807, 2.05) is 36.4 Å². The first-order chi connectivity index (χ1) is 11.1. The Kier molecular flexibility index (Phi) is 4.10. The Morgan fingerprint density at radius 3 is 2.83 bits per heavy atom. The third-order valence-corrected chi connectivity index (χ3v) is 3.71. The highest BCUT2D eigenvalue weighted by molar-refractivity contribution is 6.03. The minimum atomic E-state index is -1.00. The summed E-state index contributed by atoms with van der Waals surface area (Å²) >= 11 is 0. The summed E-state index contributed by atoms with van der Waals surface area (Å²) in [7, 11) is 0. The molecule has 5 heteroatoms. The van der Waals surface area contributed by atoms with Crippen molar-refractivity contribution in [2.45, 2.75) is 6.42 Å². The molecule has 0 saturated heterocycles. The van der Waals surface area contributed by atoms with Gasteiger partial charge >= 0.3 is 12.0 Å². The molecule has 2 aromatic carbocycles. The van der Waals surface area contributed by atoms with Crippen LogP contribution in [0.15, 0.2) is 54.6 Å². The molecule has 0 spiro atoms. The summed E-state index contributed by atoms with van der Waals surface area (Å²) in [5, 5.41) is 11.6. The second-order valence-electron chi connectivity index (χ2n) is 5.26. The lowest BCUT2D eigenvalue weighted by atomic mass is 10.1. The van der Waals surface area contributed by atoms with Crippen LogP contribution >= 0.6 is 0 Å². The Labute approximate surface area is 133 Å². The fraction of sp³-hybridized carbons (Fsp3) is 0.111. The van der Waals surface area contributed by atoms with Gasteiger partial charge in [0.2, 0.25) is 0 Å². The van der Waals surface area contributed by atoms with Crippen LogP contribution in [0.5, 0.6) is 0 Å². The highest BCUT2D eigenvalue weighted by atomic mass is 16.4. The van der Waals surface area contributed by atoms with E-state index in [4.69, 9.17) is 5.11 Å². The van der Waals surface area contributed by atoms with Gasteiger partial charge in [0.25, 0.3) is 0 Å². The number of amides is 2. The van der Waals surface area contributed by atoms with Crippen molar-refractivity contribution in [1.29, 1.82) is 0 Å². The molecular weight excluding hydrogens is 292 g/mol. The normalized spacial score (nSPS) is 14.3. The first kappa shape index (κ1) is 14.8. The zero-order valence-corrected chi connectivity index (χ0v) is 12.4. The van der Waals surface area contributed by atoms with Crippen molar-refractivity contribution >= 4 is 29.5 Å². The van der Waals surface area contributed by atoms with Gasteiger partial charge in [-0.2, -0.15) is 0 Å². The third kappa shape index (κ3) is 3.40. The van der Waals surface area contributed by atoms with E-state index >= 15 is 0 Å². The van der Waals surface area contributed by atoms with Gasteiger partial charge in [0.15, 0.2) is 0 Å². The first-order valence-corrected chi connectivity index (χ1v) is 7.31. The number of carboxylic acids is 1. The lowest BCUT2D eigenvalue weighted by Crippen LogP contribution is -2.34. The van der Waals surface area contributed by atoms with Crippen LogP contribution in [0.1, 0.15) is 11.1 Å². The van der Waals surface area contributed by atoms with Crippen molar-refractivity contribution in [3.05, 3.63) is 65.7 Å². The fourth-order valence-corrected chi connectivity index (χ4v) is 2.59. The maximum Gasteiger partial charge on any atom is 0.328 e. The molecule has 2 amide bonds. The molecule has 3 rings (SSSR count). The summed E-state index contributed by atoms with van der Waals surface area (Å²) < 4.78 is 0. The Hall–Kier alpha value is -3.08. The van der Waals surface area contributed by atoms with E-state index in [1.54, 1.807) is 17.0 Å². The van der Waals surface area contributed by atoms with Crippen LogP contribution < -0.4 is 10.2 Å². The Balaban J connectivity index is 1.86. The van der Waals surface area contributed by atoms with Crippen LogP contribution in [0.3, 0.4) is 0 Å². The molecule has 0 radical (unpaired) electrons. The zero-order chi connectivity index (χ0) is 16.2. The number of carbonyl (C=O) groups is 2. The molecule has 1 aliphatic heterocycles. The minimum Gasteiger partial charge on any atom is -0.478 e. The molecule has 2 N–H and O–H groups in total. The standard InChI is InChI=1S/C18H16N2O3/c21-17(22)9-8-13-4-3-6-15(12-13)20-11-10-14-5-1-2-7-16(14)19-18(20)23/h1-9,12H,10-11H2,(H,19,23)(H,21,22)/b9-8+. The average Bonchev–Trinajstić information content (AvgIpc) is 2.71. The number of hydrogen-bond donors (Lipinski definition) is 2. The van der Waals surface area contributed by atoms with Crippen molar-refractivity contribution in [2.75, 3.05) is 16.8 Å². The Bertz CT molecular complexity index is 783. The predicted octanol–water partition coefficient (Wildman–Crippen LogP) is 3.38. The number of nitrogens with zero attached hydrogens (tertiary/aromatic N) is 1. The second kappa shape index (κ2) is 6.36. The van der Waals surface area contributed by atoms with Gasteiger partial charge in [0.1, 0.15) is 0 Å². The molecule has 2 aromatic rings. The van der Waals surface area contributed by atoms with Crippen molar-refractivity contribution in [3.63, 3.8) is 0 Å². The van der Waals surface area contributed by atoms with Gasteiger partial charge in [0.05, 0.1) is 0 Å². The average molecular weight is 308 g/mol. The summed E-state index contributed by atoms with van der Waals surface area (Å²) in [6.07, 6.45) is 3.35. The molecule has 0 atom stereocenters. The number of urea groups is 1. The molecule has 1 heterocycles. The van der Waals surface area contributed by atoms with Crippen molar-refractivity contribution in [2.24, 2.45) is 0 Å². The molecule has 23 heavy (non-hydrogen) atoms. The molecule has 1 aliphatic rings. The van der Waals surface area contributed by atoms with E-state index in [2.05, 4.69) is 5.32 Å². The largest absolute Gasteiger partial charge is 0.478 e. The highest BCUT2D eigenvalue weighted by Gasteiger charge is 2.21. The maximum atomic E-state index is 12.5. The molecule has 0 fully saturated rings. The van der Waals surface area contributed by atoms with E-state index in [1.165, 1.54) is 6.08 Å². The summed E-state index contributed by atoms with van der Waals surface area (Å²) in [6, 6.07) is 14.8. The highest BCUT2D eigenvalue weighted by Crippen LogP contribution is 2.24. The number of anilines is 2. The van der Waals surface area contributed by atoms with Gasteiger partial charge in [0, 0.05) is 24.0 Å². The van der Waals surface area contributed by atoms with Gasteiger partial charge in [-0.3, -0.25) is 4.90 Å². The van der Waals surface area contributed by atoms with Crippen LogP contribution in [0.2, 0.25) is 0 Å². The van der Waals surface area contributed by atoms with E-state index in [-0.39, 0.29) is 6.03 Å². The van der Waals surface area contributed by atoms with Gasteiger partial charge in [-0.25, -0.2) is 9.59 Å². The molecule has 116 valence electrons. The molecule has 0 bridgehead atoms. The predicted molar refractivity (Wildman–Crippen MR) is 89.6 cm³/mol. The zero-order valence-electron chi connectivity index (χ0n) is 12.4. The van der Waals surface area contributed by atoms with Crippen molar-refractivity contribution in [3.8, 4) is 0 Å². The molecule has 5 nitrogen and oxygen atoms in total. The van der Waals surface area contributed by atoms with Gasteiger partial charge in [-0.05, 0) is 41.8 Å². The van der Waals surface area contributed by atoms with Crippen LogP contribution in [0, 0.1) is 0 Å². The summed E-state index contributed by atoms with van der Waals surface area (Å²) in [4.78, 5) is 24.7. The summed E-state index contributed by atoms with van der Waals surface area (Å²) in [5.74, 6) is -1.00. The molecule has 0 aromatic heterocycles. The van der Waals surface area contributed by atoms with E-state index in [9.17, 15) is 9.59 Å². The first-order valence-electron chi connectivity index (χ1n) is 7.31. The lowest BCUT2D eigenvalue weighted by molar-refractivity contribution is -0.131. The fourth-order valence-electron chi connectivity index (χ4n) is 2.59. The SMILES string of the molecule is O=C(O)/C=C/c1cccc(N2CCc3ccccc3NC2=O)c1. The molecular formula is C18H16N2O3. The molecule has 0 aliphatic carbocycles. The van der Waals surface area contributed by atoms with Crippen LogP contribution in [-0.4, -0.2) is 23.7 Å². The Morgan fingerprint density at radius 1 is 1.17 bits per heavy atom. The number of fused-ring (bicyclic) bond motifs is 1. The number of nitrogens with one attached hydrogen (secondary N) is 1. The van der Waals surface area contributed by atoms with Crippen molar-refractivity contribution in [1.82, 2.24) is 0 Å². The Morgan fingerprint density at radius 2 is 2.00 bits per heavy atom. The number of para-hydroxylation sites is 1. The molecule has 0 saturated carbocycles. The lowest BCUT2D eigenvalue weighted by Gasteiger charge is -2.20. The van der Waals surface area contributed by atoms with Crippen LogP contribution in [0.25, 0.3) is 6.08 Å². The number of aliphatic carboxylic acids is 1. The monoisotopic (exact) mass is 308 g/mol. The summed E-state index contributed by atoms with van der Waals surface area (Å²) in [5.41, 5.74) is 3.41. The van der Waals surface area contributed by atoms with E-state index < -0.39 is 5.97 Å². The topological polar surface area (TPSA) is 69.6 Å². The second-order valence-corrected chi connectivity index (χ2v) is 5.26. The minimum absolute atomic E-state index is 0.186. The maximum absolute atomic E-state index is 12.5. The van der Waals surface area contributed by atoms with Crippen LogP contribution in [-0.2, 0) is 11.2 Å². The quantitative estimate of drug-likeness (QED) is 0.854. The van der Waals surface area contributed by atoms with E-state index in [0.717, 1.165) is 35.0 Å². The number of rotatable bonds is 3. The van der Waals surface area contributed by atoms with Gasteiger partial charge in [-0.1, -0.05) is 30.3 Å². The summed E-state index contributed by atoms with van der Waals surface area (Å²) in [6.45, 7) is 0.564. The molecule has 0 unspecified atom stereocenters. The number of hydrogen-bond acceptors (Lipinski definition) is 2. The number of benzene rings is 2. The van der Waals surface area contributed by atoms with Gasteiger partial charge < -0.3 is 10.4 Å². The number of carbonyl (C=O) groups excluding carboxylic acids is 1. The smallest absolute Gasteiger partial charge is 0.328 e. The van der Waals surface area contributed by atoms with E-state index in [0.29, 0.717) is 6.54 Å².